The number of nitrogens with one attached hydrogen (secondary N) is 2. The number of piperidine rings is 1. The van der Waals surface area contributed by atoms with Gasteiger partial charge in [0, 0.05) is 5.69 Å². The Hall–Kier alpha value is -0.940. The normalized spacial score (nSPS) is 17.5. The van der Waals surface area contributed by atoms with Crippen molar-refractivity contribution >= 4 is 27.5 Å². The molecular weight excluding hydrogens is 335 g/mol. The standard InChI is InChI=1S/C16H22BrFN2O/c1-3-4-16(5-7-19-8-6-16)15(21)20-14-10-13(18)12(17)9-11(14)2/h9-10,19H,3-8H2,1-2H3,(H,20,21). The van der Waals surface area contributed by atoms with Gasteiger partial charge in [0.15, 0.2) is 0 Å². The number of hydrogen-bond acceptors (Lipinski definition) is 2. The maximum absolute atomic E-state index is 13.7. The van der Waals surface area contributed by atoms with Gasteiger partial charge in [0.25, 0.3) is 0 Å². The second-order valence-corrected chi connectivity index (χ2v) is 6.67. The zero-order valence-electron chi connectivity index (χ0n) is 12.6. The molecule has 1 amide bonds. The summed E-state index contributed by atoms with van der Waals surface area (Å²) in [7, 11) is 0. The SMILES string of the molecule is CCCC1(C(=O)Nc2cc(F)c(Br)cc2C)CCNCC1. The molecule has 5 heteroatoms. The van der Waals surface area contributed by atoms with Gasteiger partial charge in [-0.2, -0.15) is 0 Å². The summed E-state index contributed by atoms with van der Waals surface area (Å²) in [6.45, 7) is 5.69. The summed E-state index contributed by atoms with van der Waals surface area (Å²) in [6.07, 6.45) is 3.52. The van der Waals surface area contributed by atoms with E-state index in [1.54, 1.807) is 6.07 Å². The van der Waals surface area contributed by atoms with Crippen LogP contribution in [0, 0.1) is 18.2 Å². The minimum absolute atomic E-state index is 0.0238. The van der Waals surface area contributed by atoms with Gasteiger partial charge in [-0.3, -0.25) is 4.79 Å². The van der Waals surface area contributed by atoms with E-state index >= 15 is 0 Å². The van der Waals surface area contributed by atoms with Crippen LogP contribution in [0.4, 0.5) is 10.1 Å². The number of anilines is 1. The van der Waals surface area contributed by atoms with Crippen LogP contribution in [0.2, 0.25) is 0 Å². The first-order valence-corrected chi connectivity index (χ1v) is 8.25. The molecule has 116 valence electrons. The van der Waals surface area contributed by atoms with Crippen LogP contribution >= 0.6 is 15.9 Å². The Bertz CT molecular complexity index is 522. The highest BCUT2D eigenvalue weighted by Gasteiger charge is 2.38. The smallest absolute Gasteiger partial charge is 0.230 e. The Balaban J connectivity index is 2.21. The van der Waals surface area contributed by atoms with Gasteiger partial charge in [-0.15, -0.1) is 0 Å². The average Bonchev–Trinajstić information content (AvgIpc) is 2.46. The van der Waals surface area contributed by atoms with Crippen LogP contribution in [0.15, 0.2) is 16.6 Å². The van der Waals surface area contributed by atoms with Crippen molar-refractivity contribution in [3.8, 4) is 0 Å². The van der Waals surface area contributed by atoms with E-state index < -0.39 is 0 Å². The fraction of sp³-hybridized carbons (Fsp3) is 0.562. The molecule has 0 spiro atoms. The summed E-state index contributed by atoms with van der Waals surface area (Å²) in [5.74, 6) is -0.332. The molecule has 0 bridgehead atoms. The molecule has 2 N–H and O–H groups in total. The fourth-order valence-corrected chi connectivity index (χ4v) is 3.47. The van der Waals surface area contributed by atoms with Gasteiger partial charge in [0.1, 0.15) is 5.82 Å². The number of carbonyl (C=O) groups is 1. The molecule has 1 aliphatic heterocycles. The molecule has 1 heterocycles. The zero-order chi connectivity index (χ0) is 15.5. The van der Waals surface area contributed by atoms with E-state index in [4.69, 9.17) is 0 Å². The van der Waals surface area contributed by atoms with Crippen LogP contribution in [-0.2, 0) is 4.79 Å². The lowest BCUT2D eigenvalue weighted by Crippen LogP contribution is -2.45. The molecule has 0 aliphatic carbocycles. The minimum atomic E-state index is -0.356. The molecule has 2 rings (SSSR count). The van der Waals surface area contributed by atoms with Crippen LogP contribution in [0.25, 0.3) is 0 Å². The molecule has 1 fully saturated rings. The van der Waals surface area contributed by atoms with Crippen molar-refractivity contribution in [3.63, 3.8) is 0 Å². The molecule has 3 nitrogen and oxygen atoms in total. The van der Waals surface area contributed by atoms with E-state index in [2.05, 4.69) is 33.5 Å². The monoisotopic (exact) mass is 356 g/mol. The van der Waals surface area contributed by atoms with Crippen LogP contribution in [0.5, 0.6) is 0 Å². The quantitative estimate of drug-likeness (QED) is 0.855. The minimum Gasteiger partial charge on any atom is -0.325 e. The van der Waals surface area contributed by atoms with E-state index in [0.717, 1.165) is 44.3 Å². The second-order valence-electron chi connectivity index (χ2n) is 5.82. The van der Waals surface area contributed by atoms with Crippen molar-refractivity contribution in [2.75, 3.05) is 18.4 Å². The number of rotatable bonds is 4. The summed E-state index contributed by atoms with van der Waals surface area (Å²) in [6, 6.07) is 3.08. The summed E-state index contributed by atoms with van der Waals surface area (Å²) >= 11 is 3.16. The van der Waals surface area contributed by atoms with Crippen LogP contribution in [-0.4, -0.2) is 19.0 Å². The number of amides is 1. The van der Waals surface area contributed by atoms with Gasteiger partial charge < -0.3 is 10.6 Å². The maximum atomic E-state index is 13.7. The highest BCUT2D eigenvalue weighted by Crippen LogP contribution is 2.36. The van der Waals surface area contributed by atoms with Crippen molar-refractivity contribution in [2.45, 2.75) is 39.5 Å². The third-order valence-corrected chi connectivity index (χ3v) is 4.89. The topological polar surface area (TPSA) is 41.1 Å². The van der Waals surface area contributed by atoms with Crippen molar-refractivity contribution in [3.05, 3.63) is 28.0 Å². The Kier molecular flexibility index (Phi) is 5.38. The first-order chi connectivity index (χ1) is 9.98. The van der Waals surface area contributed by atoms with Crippen LogP contribution < -0.4 is 10.6 Å². The van der Waals surface area contributed by atoms with E-state index in [1.807, 2.05) is 6.92 Å². The zero-order valence-corrected chi connectivity index (χ0v) is 14.1. The molecule has 0 aromatic heterocycles. The lowest BCUT2D eigenvalue weighted by Gasteiger charge is -2.36. The number of carbonyl (C=O) groups excluding carboxylic acids is 1. The van der Waals surface area contributed by atoms with E-state index in [1.165, 1.54) is 6.07 Å². The summed E-state index contributed by atoms with van der Waals surface area (Å²) in [5.41, 5.74) is 1.10. The van der Waals surface area contributed by atoms with Gasteiger partial charge in [-0.1, -0.05) is 13.3 Å². The summed E-state index contributed by atoms with van der Waals surface area (Å²) in [4.78, 5) is 12.8. The third kappa shape index (κ3) is 3.64. The molecule has 1 aromatic rings. The van der Waals surface area contributed by atoms with E-state index in [-0.39, 0.29) is 17.1 Å². The molecule has 1 saturated heterocycles. The summed E-state index contributed by atoms with van der Waals surface area (Å²) < 4.78 is 14.1. The van der Waals surface area contributed by atoms with E-state index in [0.29, 0.717) is 10.2 Å². The Morgan fingerprint density at radius 2 is 2.10 bits per heavy atom. The van der Waals surface area contributed by atoms with Crippen molar-refractivity contribution in [2.24, 2.45) is 5.41 Å². The van der Waals surface area contributed by atoms with Crippen LogP contribution in [0.3, 0.4) is 0 Å². The van der Waals surface area contributed by atoms with Gasteiger partial charge in [0.2, 0.25) is 5.91 Å². The number of hydrogen-bond donors (Lipinski definition) is 2. The Labute approximate surface area is 133 Å². The molecule has 0 saturated carbocycles. The highest BCUT2D eigenvalue weighted by molar-refractivity contribution is 9.10. The van der Waals surface area contributed by atoms with Crippen LogP contribution in [0.1, 0.15) is 38.2 Å². The molecule has 0 radical (unpaired) electrons. The number of aryl methyl sites for hydroxylation is 1. The molecular formula is C16H22BrFN2O. The Morgan fingerprint density at radius 3 is 2.71 bits per heavy atom. The second kappa shape index (κ2) is 6.88. The van der Waals surface area contributed by atoms with E-state index in [9.17, 15) is 9.18 Å². The molecule has 0 unspecified atom stereocenters. The first-order valence-electron chi connectivity index (χ1n) is 7.46. The largest absolute Gasteiger partial charge is 0.325 e. The highest BCUT2D eigenvalue weighted by atomic mass is 79.9. The lowest BCUT2D eigenvalue weighted by atomic mass is 9.74. The maximum Gasteiger partial charge on any atom is 0.230 e. The average molecular weight is 357 g/mol. The lowest BCUT2D eigenvalue weighted by molar-refractivity contribution is -0.127. The summed E-state index contributed by atoms with van der Waals surface area (Å²) in [5, 5.41) is 6.24. The molecule has 21 heavy (non-hydrogen) atoms. The molecule has 1 aromatic carbocycles. The molecule has 1 aliphatic rings. The van der Waals surface area contributed by atoms with Gasteiger partial charge in [-0.05, 0) is 72.9 Å². The van der Waals surface area contributed by atoms with Gasteiger partial charge in [0.05, 0.1) is 9.89 Å². The fourth-order valence-electron chi connectivity index (χ4n) is 3.01. The predicted octanol–water partition coefficient (Wildman–Crippen LogP) is 4.01. The van der Waals surface area contributed by atoms with Crippen molar-refractivity contribution in [1.82, 2.24) is 5.32 Å². The number of halogens is 2. The van der Waals surface area contributed by atoms with Crippen molar-refractivity contribution in [1.29, 1.82) is 0 Å². The number of benzene rings is 1. The van der Waals surface area contributed by atoms with Gasteiger partial charge in [-0.25, -0.2) is 4.39 Å². The molecule has 0 atom stereocenters. The third-order valence-electron chi connectivity index (χ3n) is 4.29. The first kappa shape index (κ1) is 16.4. The van der Waals surface area contributed by atoms with Gasteiger partial charge >= 0.3 is 0 Å². The van der Waals surface area contributed by atoms with Crippen molar-refractivity contribution < 1.29 is 9.18 Å². The Morgan fingerprint density at radius 1 is 1.43 bits per heavy atom. The predicted molar refractivity (Wildman–Crippen MR) is 86.9 cm³/mol.